The number of aromatic nitrogens is 3. The van der Waals surface area contributed by atoms with Gasteiger partial charge in [-0.2, -0.15) is 0 Å². The summed E-state index contributed by atoms with van der Waals surface area (Å²) < 4.78 is 1.49. The number of nitrogens with one attached hydrogen (secondary N) is 1. The van der Waals surface area contributed by atoms with Crippen LogP contribution in [0.15, 0.2) is 10.9 Å². The molecule has 4 heteroatoms. The Morgan fingerprint density at radius 1 is 1.18 bits per heavy atom. The van der Waals surface area contributed by atoms with E-state index in [1.54, 1.807) is 7.05 Å². The zero-order valence-corrected chi connectivity index (χ0v) is 10.9. The Balaban J connectivity index is 2.73. The molecule has 0 atom stereocenters. The summed E-state index contributed by atoms with van der Waals surface area (Å²) in [5.41, 5.74) is 5.64. The standard InChI is InChI=1S/C13H17N3O/c1-7-6-8(2)11(14-10(7)4)12-9(3)13(17)16(5)15-12/h6,15H,1-5H3. The van der Waals surface area contributed by atoms with Gasteiger partial charge in [0, 0.05) is 18.3 Å². The highest BCUT2D eigenvalue weighted by molar-refractivity contribution is 5.62. The van der Waals surface area contributed by atoms with Crippen molar-refractivity contribution >= 4 is 0 Å². The van der Waals surface area contributed by atoms with Crippen molar-refractivity contribution in [3.05, 3.63) is 38.8 Å². The van der Waals surface area contributed by atoms with Gasteiger partial charge in [-0.25, -0.2) is 0 Å². The molecule has 0 aromatic carbocycles. The minimum Gasteiger partial charge on any atom is -0.293 e. The molecule has 4 nitrogen and oxygen atoms in total. The van der Waals surface area contributed by atoms with Gasteiger partial charge in [-0.1, -0.05) is 6.07 Å². The van der Waals surface area contributed by atoms with Gasteiger partial charge < -0.3 is 0 Å². The summed E-state index contributed by atoms with van der Waals surface area (Å²) >= 11 is 0. The highest BCUT2D eigenvalue weighted by atomic mass is 16.1. The third-order valence-corrected chi connectivity index (χ3v) is 3.17. The minimum atomic E-state index is -0.000530. The van der Waals surface area contributed by atoms with Crippen LogP contribution in [0.5, 0.6) is 0 Å². The highest BCUT2D eigenvalue weighted by Crippen LogP contribution is 2.22. The van der Waals surface area contributed by atoms with Crippen molar-refractivity contribution in [3.63, 3.8) is 0 Å². The van der Waals surface area contributed by atoms with Crippen LogP contribution in [0.1, 0.15) is 22.4 Å². The second kappa shape index (κ2) is 3.87. The first-order chi connectivity index (χ1) is 7.91. The Labute approximate surface area is 100 Å². The van der Waals surface area contributed by atoms with Crippen LogP contribution in [0.4, 0.5) is 0 Å². The average molecular weight is 231 g/mol. The van der Waals surface area contributed by atoms with E-state index in [2.05, 4.69) is 16.1 Å². The fraction of sp³-hybridized carbons (Fsp3) is 0.385. The quantitative estimate of drug-likeness (QED) is 0.816. The predicted molar refractivity (Wildman–Crippen MR) is 68.2 cm³/mol. The van der Waals surface area contributed by atoms with Crippen molar-refractivity contribution < 1.29 is 0 Å². The number of hydrogen-bond acceptors (Lipinski definition) is 2. The SMILES string of the molecule is Cc1cc(C)c(-c2[nH]n(C)c(=O)c2C)nc1C. The molecular formula is C13H17N3O. The third kappa shape index (κ3) is 1.79. The molecule has 17 heavy (non-hydrogen) atoms. The Hall–Kier alpha value is -1.84. The first-order valence-corrected chi connectivity index (χ1v) is 5.62. The van der Waals surface area contributed by atoms with E-state index in [-0.39, 0.29) is 5.56 Å². The summed E-state index contributed by atoms with van der Waals surface area (Å²) in [5.74, 6) is 0. The molecule has 0 saturated carbocycles. The van der Waals surface area contributed by atoms with E-state index in [0.29, 0.717) is 5.56 Å². The third-order valence-electron chi connectivity index (χ3n) is 3.17. The van der Waals surface area contributed by atoms with Gasteiger partial charge >= 0.3 is 0 Å². The van der Waals surface area contributed by atoms with Gasteiger partial charge in [0.15, 0.2) is 0 Å². The summed E-state index contributed by atoms with van der Waals surface area (Å²) in [6, 6.07) is 2.10. The van der Waals surface area contributed by atoms with Crippen molar-refractivity contribution in [2.75, 3.05) is 0 Å². The smallest absolute Gasteiger partial charge is 0.269 e. The number of rotatable bonds is 1. The summed E-state index contributed by atoms with van der Waals surface area (Å²) in [5, 5.41) is 3.06. The number of aromatic amines is 1. The number of hydrogen-bond donors (Lipinski definition) is 1. The lowest BCUT2D eigenvalue weighted by molar-refractivity contribution is 0.740. The van der Waals surface area contributed by atoms with E-state index in [1.807, 2.05) is 27.7 Å². The van der Waals surface area contributed by atoms with Crippen LogP contribution in [0.2, 0.25) is 0 Å². The second-order valence-corrected chi connectivity index (χ2v) is 4.53. The molecule has 2 rings (SSSR count). The average Bonchev–Trinajstić information content (AvgIpc) is 2.51. The van der Waals surface area contributed by atoms with E-state index in [0.717, 1.165) is 22.6 Å². The zero-order chi connectivity index (χ0) is 12.7. The molecule has 2 aromatic heterocycles. The Morgan fingerprint density at radius 2 is 1.82 bits per heavy atom. The lowest BCUT2D eigenvalue weighted by Gasteiger charge is -2.07. The van der Waals surface area contributed by atoms with Gasteiger partial charge in [-0.05, 0) is 38.8 Å². The molecule has 2 heterocycles. The van der Waals surface area contributed by atoms with Crippen LogP contribution in [0, 0.1) is 27.7 Å². The molecule has 0 spiro atoms. The monoisotopic (exact) mass is 231 g/mol. The maximum absolute atomic E-state index is 11.7. The molecule has 0 aliphatic heterocycles. The van der Waals surface area contributed by atoms with Crippen LogP contribution < -0.4 is 5.56 Å². The van der Waals surface area contributed by atoms with Gasteiger partial charge in [0.05, 0.1) is 11.4 Å². The molecule has 0 unspecified atom stereocenters. The molecule has 2 aromatic rings. The zero-order valence-electron chi connectivity index (χ0n) is 10.9. The molecular weight excluding hydrogens is 214 g/mol. The first kappa shape index (κ1) is 11.6. The van der Waals surface area contributed by atoms with Crippen LogP contribution in [-0.4, -0.2) is 14.8 Å². The second-order valence-electron chi connectivity index (χ2n) is 4.53. The summed E-state index contributed by atoms with van der Waals surface area (Å²) in [6.07, 6.45) is 0. The first-order valence-electron chi connectivity index (χ1n) is 5.62. The largest absolute Gasteiger partial charge is 0.293 e. The van der Waals surface area contributed by atoms with Gasteiger partial charge in [0.1, 0.15) is 0 Å². The number of pyridine rings is 1. The van der Waals surface area contributed by atoms with Crippen molar-refractivity contribution in [2.45, 2.75) is 27.7 Å². The van der Waals surface area contributed by atoms with E-state index in [1.165, 1.54) is 10.2 Å². The predicted octanol–water partition coefficient (Wildman–Crippen LogP) is 2.01. The molecule has 0 fully saturated rings. The summed E-state index contributed by atoms with van der Waals surface area (Å²) in [6.45, 7) is 7.86. The minimum absolute atomic E-state index is 0.000530. The van der Waals surface area contributed by atoms with Crippen molar-refractivity contribution in [2.24, 2.45) is 7.05 Å². The number of aryl methyl sites for hydroxylation is 4. The van der Waals surface area contributed by atoms with Crippen molar-refractivity contribution in [1.82, 2.24) is 14.8 Å². The van der Waals surface area contributed by atoms with Crippen molar-refractivity contribution in [1.29, 1.82) is 0 Å². The Morgan fingerprint density at radius 3 is 2.35 bits per heavy atom. The van der Waals surface area contributed by atoms with E-state index in [9.17, 15) is 4.79 Å². The fourth-order valence-electron chi connectivity index (χ4n) is 1.99. The van der Waals surface area contributed by atoms with Gasteiger partial charge in [0.25, 0.3) is 5.56 Å². The number of nitrogens with zero attached hydrogens (tertiary/aromatic N) is 2. The molecule has 90 valence electrons. The highest BCUT2D eigenvalue weighted by Gasteiger charge is 2.14. The molecule has 0 aliphatic rings. The van der Waals surface area contributed by atoms with E-state index in [4.69, 9.17) is 0 Å². The lowest BCUT2D eigenvalue weighted by atomic mass is 10.1. The maximum atomic E-state index is 11.7. The van der Waals surface area contributed by atoms with E-state index >= 15 is 0 Å². The molecule has 0 bridgehead atoms. The maximum Gasteiger partial charge on any atom is 0.269 e. The molecule has 0 saturated heterocycles. The van der Waals surface area contributed by atoms with Crippen LogP contribution >= 0.6 is 0 Å². The summed E-state index contributed by atoms with van der Waals surface area (Å²) in [7, 11) is 1.72. The molecule has 1 N–H and O–H groups in total. The van der Waals surface area contributed by atoms with Crippen LogP contribution in [-0.2, 0) is 7.05 Å². The lowest BCUT2D eigenvalue weighted by Crippen LogP contribution is -2.12. The normalized spacial score (nSPS) is 10.9. The van der Waals surface area contributed by atoms with Crippen molar-refractivity contribution in [3.8, 4) is 11.4 Å². The van der Waals surface area contributed by atoms with Gasteiger partial charge in [-0.3, -0.25) is 19.6 Å². The topological polar surface area (TPSA) is 50.7 Å². The summed E-state index contributed by atoms with van der Waals surface area (Å²) in [4.78, 5) is 16.3. The molecule has 0 amide bonds. The van der Waals surface area contributed by atoms with Gasteiger partial charge in [-0.15, -0.1) is 0 Å². The van der Waals surface area contributed by atoms with Gasteiger partial charge in [0.2, 0.25) is 0 Å². The van der Waals surface area contributed by atoms with Crippen LogP contribution in [0.3, 0.4) is 0 Å². The Kier molecular flexibility index (Phi) is 2.65. The Bertz CT molecular complexity index is 635. The van der Waals surface area contributed by atoms with Crippen LogP contribution in [0.25, 0.3) is 11.4 Å². The number of H-pyrrole nitrogens is 1. The molecule has 0 aliphatic carbocycles. The van der Waals surface area contributed by atoms with E-state index < -0.39 is 0 Å². The fourth-order valence-corrected chi connectivity index (χ4v) is 1.99. The molecule has 0 radical (unpaired) electrons.